The number of hydrogen-bond acceptors (Lipinski definition) is 2. The Hall–Kier alpha value is -0.860. The van der Waals surface area contributed by atoms with Crippen LogP contribution in [0.25, 0.3) is 0 Å². The average molecular weight is 221 g/mol. The molecule has 0 aromatic heterocycles. The monoisotopic (exact) mass is 221 g/mol. The molecule has 2 nitrogen and oxygen atoms in total. The molecule has 1 aromatic rings. The number of aliphatic hydroxyl groups excluding tert-OH is 1. The molecule has 90 valence electrons. The summed E-state index contributed by atoms with van der Waals surface area (Å²) in [5.41, 5.74) is 4.08. The van der Waals surface area contributed by atoms with Gasteiger partial charge in [0.2, 0.25) is 0 Å². The van der Waals surface area contributed by atoms with E-state index in [2.05, 4.69) is 43.9 Å². The van der Waals surface area contributed by atoms with Crippen molar-refractivity contribution >= 4 is 0 Å². The molecule has 0 amide bonds. The lowest BCUT2D eigenvalue weighted by atomic mass is 10.1. The average Bonchev–Trinajstić information content (AvgIpc) is 2.28. The molecule has 0 aliphatic rings. The lowest BCUT2D eigenvalue weighted by molar-refractivity contribution is 0.225. The topological polar surface area (TPSA) is 23.5 Å². The van der Waals surface area contributed by atoms with Gasteiger partial charge in [-0.1, -0.05) is 30.7 Å². The number of rotatable bonds is 6. The van der Waals surface area contributed by atoms with Gasteiger partial charge in [0.25, 0.3) is 0 Å². The van der Waals surface area contributed by atoms with E-state index in [9.17, 15) is 0 Å². The van der Waals surface area contributed by atoms with Gasteiger partial charge in [0.05, 0.1) is 0 Å². The molecular weight excluding hydrogens is 198 g/mol. The minimum absolute atomic E-state index is 0.281. The molecule has 0 saturated heterocycles. The van der Waals surface area contributed by atoms with E-state index in [1.807, 2.05) is 0 Å². The van der Waals surface area contributed by atoms with Gasteiger partial charge in [-0.05, 0) is 37.9 Å². The van der Waals surface area contributed by atoms with Gasteiger partial charge in [-0.2, -0.15) is 0 Å². The first-order valence-corrected chi connectivity index (χ1v) is 6.06. The molecule has 1 aromatic carbocycles. The van der Waals surface area contributed by atoms with E-state index in [1.165, 1.54) is 16.7 Å². The Labute approximate surface area is 98.9 Å². The van der Waals surface area contributed by atoms with E-state index >= 15 is 0 Å². The first kappa shape index (κ1) is 13.2. The van der Waals surface area contributed by atoms with Gasteiger partial charge in [-0.25, -0.2) is 0 Å². The highest BCUT2D eigenvalue weighted by Crippen LogP contribution is 2.13. The Morgan fingerprint density at radius 2 is 2.00 bits per heavy atom. The molecule has 0 saturated carbocycles. The highest BCUT2D eigenvalue weighted by Gasteiger charge is 2.05. The lowest BCUT2D eigenvalue weighted by Crippen LogP contribution is -2.25. The van der Waals surface area contributed by atoms with Crippen molar-refractivity contribution < 1.29 is 5.11 Å². The molecule has 1 rings (SSSR count). The molecule has 0 heterocycles. The third-order valence-corrected chi connectivity index (χ3v) is 2.98. The van der Waals surface area contributed by atoms with Gasteiger partial charge in [0.15, 0.2) is 0 Å². The highest BCUT2D eigenvalue weighted by molar-refractivity contribution is 5.30. The second-order valence-corrected chi connectivity index (χ2v) is 4.38. The van der Waals surface area contributed by atoms with Crippen LogP contribution in [-0.4, -0.2) is 29.7 Å². The van der Waals surface area contributed by atoms with E-state index in [-0.39, 0.29) is 6.61 Å². The van der Waals surface area contributed by atoms with Gasteiger partial charge in [-0.3, -0.25) is 4.90 Å². The van der Waals surface area contributed by atoms with Crippen LogP contribution in [0.1, 0.15) is 30.0 Å². The highest BCUT2D eigenvalue weighted by atomic mass is 16.3. The third kappa shape index (κ3) is 3.95. The molecule has 1 N–H and O–H groups in total. The normalized spacial score (nSPS) is 11.1. The number of benzene rings is 1. The van der Waals surface area contributed by atoms with Crippen LogP contribution in [0.4, 0.5) is 0 Å². The van der Waals surface area contributed by atoms with Crippen molar-refractivity contribution in [3.05, 3.63) is 34.9 Å². The molecule has 0 bridgehead atoms. The smallest absolute Gasteiger partial charge is 0.0443 e. The molecule has 2 heteroatoms. The summed E-state index contributed by atoms with van der Waals surface area (Å²) in [6, 6.07) is 6.60. The Balaban J connectivity index is 2.65. The Morgan fingerprint density at radius 3 is 2.62 bits per heavy atom. The minimum Gasteiger partial charge on any atom is -0.396 e. The lowest BCUT2D eigenvalue weighted by Gasteiger charge is -2.21. The van der Waals surface area contributed by atoms with Crippen LogP contribution in [0.5, 0.6) is 0 Å². The molecule has 0 atom stereocenters. The first-order valence-electron chi connectivity index (χ1n) is 6.06. The van der Waals surface area contributed by atoms with Crippen molar-refractivity contribution in [3.8, 4) is 0 Å². The zero-order valence-electron chi connectivity index (χ0n) is 10.7. The molecular formula is C14H23NO. The maximum Gasteiger partial charge on any atom is 0.0443 e. The molecule has 0 spiro atoms. The van der Waals surface area contributed by atoms with Crippen molar-refractivity contribution in [2.75, 3.05) is 19.7 Å². The second kappa shape index (κ2) is 6.66. The zero-order chi connectivity index (χ0) is 12.0. The first-order chi connectivity index (χ1) is 7.67. The fourth-order valence-corrected chi connectivity index (χ4v) is 1.85. The predicted octanol–water partition coefficient (Wildman–Crippen LogP) is 2.51. The Morgan fingerprint density at radius 1 is 1.25 bits per heavy atom. The number of hydrogen-bond donors (Lipinski definition) is 1. The van der Waals surface area contributed by atoms with Gasteiger partial charge < -0.3 is 5.11 Å². The summed E-state index contributed by atoms with van der Waals surface area (Å²) in [7, 11) is 0. The fourth-order valence-electron chi connectivity index (χ4n) is 1.85. The molecule has 0 unspecified atom stereocenters. The van der Waals surface area contributed by atoms with Gasteiger partial charge in [0, 0.05) is 19.7 Å². The zero-order valence-corrected chi connectivity index (χ0v) is 10.7. The summed E-state index contributed by atoms with van der Waals surface area (Å²) in [6.45, 7) is 9.74. The summed E-state index contributed by atoms with van der Waals surface area (Å²) >= 11 is 0. The summed E-state index contributed by atoms with van der Waals surface area (Å²) in [6.07, 6.45) is 0.860. The summed E-state index contributed by atoms with van der Waals surface area (Å²) < 4.78 is 0. The van der Waals surface area contributed by atoms with Crippen molar-refractivity contribution in [1.29, 1.82) is 0 Å². The minimum atomic E-state index is 0.281. The van der Waals surface area contributed by atoms with Gasteiger partial charge >= 0.3 is 0 Å². The third-order valence-electron chi connectivity index (χ3n) is 2.98. The molecule has 16 heavy (non-hydrogen) atoms. The van der Waals surface area contributed by atoms with Crippen LogP contribution in [0.15, 0.2) is 18.2 Å². The summed E-state index contributed by atoms with van der Waals surface area (Å²) in [5.74, 6) is 0. The van der Waals surface area contributed by atoms with Crippen LogP contribution in [0.3, 0.4) is 0 Å². The predicted molar refractivity (Wildman–Crippen MR) is 68.6 cm³/mol. The van der Waals surface area contributed by atoms with Gasteiger partial charge in [0.1, 0.15) is 0 Å². The number of aliphatic hydroxyl groups is 1. The number of aryl methyl sites for hydroxylation is 2. The van der Waals surface area contributed by atoms with E-state index < -0.39 is 0 Å². The van der Waals surface area contributed by atoms with Crippen molar-refractivity contribution in [1.82, 2.24) is 4.90 Å². The molecule has 0 aliphatic carbocycles. The van der Waals surface area contributed by atoms with E-state index in [1.54, 1.807) is 0 Å². The van der Waals surface area contributed by atoms with Crippen LogP contribution in [0, 0.1) is 13.8 Å². The van der Waals surface area contributed by atoms with Crippen LogP contribution in [0.2, 0.25) is 0 Å². The van der Waals surface area contributed by atoms with E-state index in [4.69, 9.17) is 5.11 Å². The van der Waals surface area contributed by atoms with Gasteiger partial charge in [-0.15, -0.1) is 0 Å². The SMILES string of the molecule is CCN(CCCO)Cc1cc(C)ccc1C. The summed E-state index contributed by atoms with van der Waals surface area (Å²) in [5, 5.41) is 8.85. The maximum atomic E-state index is 8.85. The van der Waals surface area contributed by atoms with Crippen molar-refractivity contribution in [2.45, 2.75) is 33.7 Å². The van der Waals surface area contributed by atoms with E-state index in [0.717, 1.165) is 26.1 Å². The Bertz CT molecular complexity index is 323. The fraction of sp³-hybridized carbons (Fsp3) is 0.571. The quantitative estimate of drug-likeness (QED) is 0.798. The number of nitrogens with zero attached hydrogens (tertiary/aromatic N) is 1. The van der Waals surface area contributed by atoms with Crippen LogP contribution < -0.4 is 0 Å². The molecule has 0 radical (unpaired) electrons. The van der Waals surface area contributed by atoms with E-state index in [0.29, 0.717) is 0 Å². The largest absolute Gasteiger partial charge is 0.396 e. The Kier molecular flexibility index (Phi) is 5.50. The van der Waals surface area contributed by atoms with Crippen molar-refractivity contribution in [3.63, 3.8) is 0 Å². The molecule has 0 fully saturated rings. The van der Waals surface area contributed by atoms with Crippen LogP contribution >= 0.6 is 0 Å². The van der Waals surface area contributed by atoms with Crippen molar-refractivity contribution in [2.24, 2.45) is 0 Å². The van der Waals surface area contributed by atoms with Crippen LogP contribution in [-0.2, 0) is 6.54 Å². The molecule has 0 aliphatic heterocycles. The standard InChI is InChI=1S/C14H23NO/c1-4-15(8-5-9-16)11-14-10-12(2)6-7-13(14)3/h6-7,10,16H,4-5,8-9,11H2,1-3H3. The maximum absolute atomic E-state index is 8.85. The summed E-state index contributed by atoms with van der Waals surface area (Å²) in [4.78, 5) is 2.37. The second-order valence-electron chi connectivity index (χ2n) is 4.38.